The largest absolute Gasteiger partial charge is 0.416 e. The normalized spacial score (nSPS) is 24.9. The lowest BCUT2D eigenvalue weighted by molar-refractivity contribution is -0.137. The number of aliphatic hydroxyl groups excluding tert-OH is 1. The van der Waals surface area contributed by atoms with Crippen LogP contribution in [-0.4, -0.2) is 22.2 Å². The summed E-state index contributed by atoms with van der Waals surface area (Å²) in [5, 5.41) is 12.6. The van der Waals surface area contributed by atoms with Gasteiger partial charge in [-0.15, -0.1) is 0 Å². The first-order valence-electron chi connectivity index (χ1n) is 5.94. The maximum atomic E-state index is 12.5. The van der Waals surface area contributed by atoms with Gasteiger partial charge in [0.1, 0.15) is 5.82 Å². The van der Waals surface area contributed by atoms with E-state index in [4.69, 9.17) is 0 Å². The van der Waals surface area contributed by atoms with Gasteiger partial charge in [-0.05, 0) is 25.0 Å². The number of aromatic nitrogens is 1. The number of nitrogens with one attached hydrogen (secondary N) is 1. The Hall–Kier alpha value is -1.30. The molecule has 0 spiro atoms. The predicted molar refractivity (Wildman–Crippen MR) is 61.1 cm³/mol. The van der Waals surface area contributed by atoms with Crippen molar-refractivity contribution in [2.24, 2.45) is 0 Å². The highest BCUT2D eigenvalue weighted by Crippen LogP contribution is 2.30. The SMILES string of the molecule is OC1CCCCC1Nc1cc(C(F)(F)F)ccn1. The van der Waals surface area contributed by atoms with Gasteiger partial charge in [0.25, 0.3) is 0 Å². The number of halogens is 3. The fraction of sp³-hybridized carbons (Fsp3) is 0.583. The molecule has 1 saturated carbocycles. The Morgan fingerprint density at radius 3 is 2.67 bits per heavy atom. The Labute approximate surface area is 103 Å². The summed E-state index contributed by atoms with van der Waals surface area (Å²) >= 11 is 0. The summed E-state index contributed by atoms with van der Waals surface area (Å²) in [6, 6.07) is 1.69. The van der Waals surface area contributed by atoms with Gasteiger partial charge in [-0.1, -0.05) is 12.8 Å². The lowest BCUT2D eigenvalue weighted by atomic mass is 9.92. The van der Waals surface area contributed by atoms with Crippen molar-refractivity contribution in [3.63, 3.8) is 0 Å². The maximum absolute atomic E-state index is 12.5. The number of rotatable bonds is 2. The van der Waals surface area contributed by atoms with Crippen LogP contribution in [0.3, 0.4) is 0 Å². The Balaban J connectivity index is 2.09. The zero-order valence-corrected chi connectivity index (χ0v) is 9.74. The number of aliphatic hydroxyl groups is 1. The van der Waals surface area contributed by atoms with Crippen LogP contribution in [0.15, 0.2) is 18.3 Å². The zero-order valence-electron chi connectivity index (χ0n) is 9.74. The number of pyridine rings is 1. The van der Waals surface area contributed by atoms with Crippen molar-refractivity contribution in [1.29, 1.82) is 0 Å². The molecule has 2 unspecified atom stereocenters. The van der Waals surface area contributed by atoms with Crippen molar-refractivity contribution in [1.82, 2.24) is 4.98 Å². The summed E-state index contributed by atoms with van der Waals surface area (Å²) < 4.78 is 37.6. The van der Waals surface area contributed by atoms with Crippen molar-refractivity contribution in [2.75, 3.05) is 5.32 Å². The van der Waals surface area contributed by atoms with Crippen molar-refractivity contribution in [3.8, 4) is 0 Å². The van der Waals surface area contributed by atoms with Gasteiger partial charge in [-0.2, -0.15) is 13.2 Å². The van der Waals surface area contributed by atoms with Crippen LogP contribution in [0.4, 0.5) is 19.0 Å². The van der Waals surface area contributed by atoms with Crippen LogP contribution in [0, 0.1) is 0 Å². The molecule has 6 heteroatoms. The van der Waals surface area contributed by atoms with E-state index >= 15 is 0 Å². The fourth-order valence-electron chi connectivity index (χ4n) is 2.16. The molecule has 1 aliphatic carbocycles. The quantitative estimate of drug-likeness (QED) is 0.859. The second-order valence-electron chi connectivity index (χ2n) is 4.53. The molecule has 0 bridgehead atoms. The summed E-state index contributed by atoms with van der Waals surface area (Å²) in [5.74, 6) is 0.163. The first-order chi connectivity index (χ1) is 8.47. The lowest BCUT2D eigenvalue weighted by Gasteiger charge is -2.28. The van der Waals surface area contributed by atoms with Gasteiger partial charge >= 0.3 is 6.18 Å². The molecule has 0 aliphatic heterocycles. The highest BCUT2D eigenvalue weighted by atomic mass is 19.4. The highest BCUT2D eigenvalue weighted by Gasteiger charge is 2.31. The van der Waals surface area contributed by atoms with Gasteiger partial charge in [-0.25, -0.2) is 4.98 Å². The lowest BCUT2D eigenvalue weighted by Crippen LogP contribution is -2.36. The molecule has 0 aromatic carbocycles. The molecular formula is C12H15F3N2O. The molecule has 2 rings (SSSR count). The molecule has 18 heavy (non-hydrogen) atoms. The summed E-state index contributed by atoms with van der Waals surface area (Å²) in [6.45, 7) is 0. The first-order valence-corrected chi connectivity index (χ1v) is 5.94. The number of hydrogen-bond donors (Lipinski definition) is 2. The third-order valence-electron chi connectivity index (χ3n) is 3.15. The third kappa shape index (κ3) is 3.13. The molecule has 0 saturated heterocycles. The minimum atomic E-state index is -4.37. The van der Waals surface area contributed by atoms with Gasteiger partial charge in [0.05, 0.1) is 17.7 Å². The second kappa shape index (κ2) is 5.14. The summed E-state index contributed by atoms with van der Waals surface area (Å²) in [6.07, 6.45) is -0.418. The molecule has 1 fully saturated rings. The molecule has 1 heterocycles. The van der Waals surface area contributed by atoms with E-state index in [0.29, 0.717) is 6.42 Å². The molecule has 3 nitrogen and oxygen atoms in total. The molecule has 2 N–H and O–H groups in total. The molecule has 2 atom stereocenters. The second-order valence-corrected chi connectivity index (χ2v) is 4.53. The van der Waals surface area contributed by atoms with Crippen LogP contribution in [-0.2, 0) is 6.18 Å². The Morgan fingerprint density at radius 1 is 1.28 bits per heavy atom. The van der Waals surface area contributed by atoms with Crippen molar-refractivity contribution in [3.05, 3.63) is 23.9 Å². The summed E-state index contributed by atoms with van der Waals surface area (Å²) in [5.41, 5.74) is -0.731. The first kappa shape index (κ1) is 13.1. The van der Waals surface area contributed by atoms with E-state index in [0.717, 1.165) is 37.6 Å². The number of alkyl halides is 3. The van der Waals surface area contributed by atoms with E-state index in [1.165, 1.54) is 0 Å². The topological polar surface area (TPSA) is 45.1 Å². The van der Waals surface area contributed by atoms with E-state index in [2.05, 4.69) is 10.3 Å². The number of nitrogens with zero attached hydrogens (tertiary/aromatic N) is 1. The van der Waals surface area contributed by atoms with Crippen LogP contribution in [0.25, 0.3) is 0 Å². The molecule has 1 aromatic rings. The minimum Gasteiger partial charge on any atom is -0.391 e. The third-order valence-corrected chi connectivity index (χ3v) is 3.15. The number of hydrogen-bond acceptors (Lipinski definition) is 3. The molecule has 100 valence electrons. The van der Waals surface area contributed by atoms with Gasteiger partial charge < -0.3 is 10.4 Å². The van der Waals surface area contributed by atoms with Crippen LogP contribution in [0.1, 0.15) is 31.2 Å². The fourth-order valence-corrected chi connectivity index (χ4v) is 2.16. The number of anilines is 1. The van der Waals surface area contributed by atoms with Gasteiger partial charge in [0.15, 0.2) is 0 Å². The van der Waals surface area contributed by atoms with Crippen LogP contribution in [0.2, 0.25) is 0 Å². The van der Waals surface area contributed by atoms with Crippen molar-refractivity contribution >= 4 is 5.82 Å². The van der Waals surface area contributed by atoms with E-state index in [-0.39, 0.29) is 11.9 Å². The van der Waals surface area contributed by atoms with E-state index in [9.17, 15) is 18.3 Å². The monoisotopic (exact) mass is 260 g/mol. The van der Waals surface area contributed by atoms with Crippen molar-refractivity contribution in [2.45, 2.75) is 44.0 Å². The molecule has 0 amide bonds. The Morgan fingerprint density at radius 2 is 2.00 bits per heavy atom. The molecule has 1 aliphatic rings. The zero-order chi connectivity index (χ0) is 13.2. The molecule has 1 aromatic heterocycles. The average Bonchev–Trinajstić information content (AvgIpc) is 2.31. The van der Waals surface area contributed by atoms with Gasteiger partial charge in [0, 0.05) is 6.20 Å². The van der Waals surface area contributed by atoms with E-state index < -0.39 is 17.8 Å². The molecular weight excluding hydrogens is 245 g/mol. The minimum absolute atomic E-state index is 0.163. The van der Waals surface area contributed by atoms with E-state index in [1.807, 2.05) is 0 Å². The molecule has 0 radical (unpaired) electrons. The highest BCUT2D eigenvalue weighted by molar-refractivity contribution is 5.39. The predicted octanol–water partition coefficient (Wildman–Crippen LogP) is 2.82. The van der Waals surface area contributed by atoms with Crippen molar-refractivity contribution < 1.29 is 18.3 Å². The summed E-state index contributed by atoms with van der Waals surface area (Å²) in [4.78, 5) is 3.86. The smallest absolute Gasteiger partial charge is 0.391 e. The average molecular weight is 260 g/mol. The Kier molecular flexibility index (Phi) is 3.75. The standard InChI is InChI=1S/C12H15F3N2O/c13-12(14,15)8-5-6-16-11(7-8)17-9-3-1-2-4-10(9)18/h5-7,9-10,18H,1-4H2,(H,16,17). The van der Waals surface area contributed by atoms with E-state index in [1.54, 1.807) is 0 Å². The van der Waals surface area contributed by atoms with Crippen LogP contribution < -0.4 is 5.32 Å². The van der Waals surface area contributed by atoms with Crippen LogP contribution >= 0.6 is 0 Å². The van der Waals surface area contributed by atoms with Gasteiger partial charge in [-0.3, -0.25) is 0 Å². The maximum Gasteiger partial charge on any atom is 0.416 e. The Bertz CT molecular complexity index is 409. The van der Waals surface area contributed by atoms with Crippen LogP contribution in [0.5, 0.6) is 0 Å². The summed E-state index contributed by atoms with van der Waals surface area (Å²) in [7, 11) is 0. The van der Waals surface area contributed by atoms with Gasteiger partial charge in [0.2, 0.25) is 0 Å².